The molecule has 2 aliphatic carbocycles. The number of esters is 1. The van der Waals surface area contributed by atoms with Crippen LogP contribution in [-0.4, -0.2) is 19.6 Å². The number of carbonyl (C=O) groups excluding carboxylic acids is 1. The lowest BCUT2D eigenvalue weighted by molar-refractivity contribution is 0.0561. The van der Waals surface area contributed by atoms with Crippen molar-refractivity contribution in [3.8, 4) is 0 Å². The lowest BCUT2D eigenvalue weighted by Crippen LogP contribution is -2.24. The van der Waals surface area contributed by atoms with Crippen LogP contribution in [0.3, 0.4) is 0 Å². The van der Waals surface area contributed by atoms with Gasteiger partial charge in [-0.2, -0.15) is 0 Å². The molecule has 116 valence electrons. The van der Waals surface area contributed by atoms with Gasteiger partial charge in [-0.25, -0.2) is 4.79 Å². The molecular weight excluding hydrogens is 266 g/mol. The van der Waals surface area contributed by atoms with Crippen molar-refractivity contribution in [1.82, 2.24) is 5.32 Å². The number of methoxy groups -OCH3 is 1. The SMILES string of the molecule is CCCNC(c1ccc(C(=O)OC)o1)C1C2CCCCC21. The van der Waals surface area contributed by atoms with E-state index in [0.29, 0.717) is 11.7 Å². The van der Waals surface area contributed by atoms with Crippen LogP contribution in [0.15, 0.2) is 16.5 Å². The highest BCUT2D eigenvalue weighted by Gasteiger charge is 2.55. The fraction of sp³-hybridized carbons (Fsp3) is 0.706. The Balaban J connectivity index is 1.76. The lowest BCUT2D eigenvalue weighted by Gasteiger charge is -2.16. The van der Waals surface area contributed by atoms with Crippen LogP contribution < -0.4 is 5.32 Å². The number of hydrogen-bond donors (Lipinski definition) is 1. The van der Waals surface area contributed by atoms with Crippen LogP contribution in [0, 0.1) is 17.8 Å². The van der Waals surface area contributed by atoms with Gasteiger partial charge in [-0.1, -0.05) is 19.8 Å². The number of nitrogens with one attached hydrogen (secondary N) is 1. The molecule has 2 aliphatic rings. The van der Waals surface area contributed by atoms with Gasteiger partial charge in [-0.15, -0.1) is 0 Å². The highest BCUT2D eigenvalue weighted by Crippen LogP contribution is 2.60. The Morgan fingerprint density at radius 3 is 2.71 bits per heavy atom. The maximum absolute atomic E-state index is 11.6. The minimum absolute atomic E-state index is 0.247. The molecule has 1 N–H and O–H groups in total. The van der Waals surface area contributed by atoms with Crippen molar-refractivity contribution in [1.29, 1.82) is 0 Å². The summed E-state index contributed by atoms with van der Waals surface area (Å²) < 4.78 is 10.5. The van der Waals surface area contributed by atoms with Gasteiger partial charge in [-0.05, 0) is 55.7 Å². The van der Waals surface area contributed by atoms with Crippen LogP contribution in [0.25, 0.3) is 0 Å². The second-order valence-electron chi connectivity index (χ2n) is 6.31. The number of rotatable bonds is 6. The van der Waals surface area contributed by atoms with Crippen LogP contribution >= 0.6 is 0 Å². The first-order valence-electron chi connectivity index (χ1n) is 8.17. The van der Waals surface area contributed by atoms with Crippen molar-refractivity contribution in [2.45, 2.75) is 45.1 Å². The molecule has 3 unspecified atom stereocenters. The summed E-state index contributed by atoms with van der Waals surface area (Å²) in [5.74, 6) is 3.17. The molecule has 4 nitrogen and oxygen atoms in total. The van der Waals surface area contributed by atoms with E-state index in [4.69, 9.17) is 9.15 Å². The van der Waals surface area contributed by atoms with E-state index in [2.05, 4.69) is 12.2 Å². The monoisotopic (exact) mass is 291 g/mol. The van der Waals surface area contributed by atoms with Gasteiger partial charge < -0.3 is 14.5 Å². The number of hydrogen-bond acceptors (Lipinski definition) is 4. The highest BCUT2D eigenvalue weighted by atomic mass is 16.5. The molecule has 2 fully saturated rings. The zero-order chi connectivity index (χ0) is 14.8. The fourth-order valence-corrected chi connectivity index (χ4v) is 4.00. The summed E-state index contributed by atoms with van der Waals surface area (Å²) in [4.78, 5) is 11.6. The maximum atomic E-state index is 11.6. The number of fused-ring (bicyclic) bond motifs is 1. The van der Waals surface area contributed by atoms with E-state index in [9.17, 15) is 4.79 Å². The molecule has 21 heavy (non-hydrogen) atoms. The Bertz CT molecular complexity index is 484. The summed E-state index contributed by atoms with van der Waals surface area (Å²) >= 11 is 0. The second kappa shape index (κ2) is 6.22. The van der Waals surface area contributed by atoms with Crippen LogP contribution in [0.2, 0.25) is 0 Å². The standard InChI is InChI=1S/C17H25NO3/c1-3-10-18-16(15-11-6-4-5-7-12(11)15)13-8-9-14(21-13)17(19)20-2/h8-9,11-12,15-16,18H,3-7,10H2,1-2H3. The molecule has 3 atom stereocenters. The van der Waals surface area contributed by atoms with Crippen molar-refractivity contribution in [3.05, 3.63) is 23.7 Å². The molecule has 1 heterocycles. The lowest BCUT2D eigenvalue weighted by atomic mass is 10.0. The molecule has 0 radical (unpaired) electrons. The fourth-order valence-electron chi connectivity index (χ4n) is 4.00. The van der Waals surface area contributed by atoms with E-state index < -0.39 is 5.97 Å². The third-order valence-corrected chi connectivity index (χ3v) is 5.04. The van der Waals surface area contributed by atoms with Crippen molar-refractivity contribution < 1.29 is 13.9 Å². The molecule has 1 aromatic heterocycles. The minimum Gasteiger partial charge on any atom is -0.463 e. The summed E-state index contributed by atoms with van der Waals surface area (Å²) in [6, 6.07) is 3.91. The Morgan fingerprint density at radius 2 is 2.10 bits per heavy atom. The smallest absolute Gasteiger partial charge is 0.373 e. The van der Waals surface area contributed by atoms with Crippen molar-refractivity contribution in [3.63, 3.8) is 0 Å². The van der Waals surface area contributed by atoms with Crippen LogP contribution in [0.1, 0.15) is 61.4 Å². The summed E-state index contributed by atoms with van der Waals surface area (Å²) in [5, 5.41) is 3.63. The molecule has 4 heteroatoms. The van der Waals surface area contributed by atoms with Gasteiger partial charge in [0.25, 0.3) is 0 Å². The summed E-state index contributed by atoms with van der Waals surface area (Å²) in [7, 11) is 1.38. The molecule has 3 rings (SSSR count). The van der Waals surface area contributed by atoms with E-state index in [-0.39, 0.29) is 6.04 Å². The molecule has 2 saturated carbocycles. The van der Waals surface area contributed by atoms with Crippen LogP contribution in [0.5, 0.6) is 0 Å². The van der Waals surface area contributed by atoms with Gasteiger partial charge in [0.05, 0.1) is 13.2 Å². The van der Waals surface area contributed by atoms with Gasteiger partial charge in [0.15, 0.2) is 0 Å². The normalized spacial score (nSPS) is 28.8. The Kier molecular flexibility index (Phi) is 4.34. The summed E-state index contributed by atoms with van der Waals surface area (Å²) in [6.07, 6.45) is 6.53. The van der Waals surface area contributed by atoms with Crippen molar-refractivity contribution >= 4 is 5.97 Å². The predicted octanol–water partition coefficient (Wildman–Crippen LogP) is 3.54. The average molecular weight is 291 g/mol. The average Bonchev–Trinajstić information content (AvgIpc) is 3.02. The largest absolute Gasteiger partial charge is 0.463 e. The molecule has 0 aliphatic heterocycles. The number of furan rings is 1. The third kappa shape index (κ3) is 2.86. The van der Waals surface area contributed by atoms with E-state index >= 15 is 0 Å². The third-order valence-electron chi connectivity index (χ3n) is 5.04. The van der Waals surface area contributed by atoms with Gasteiger partial charge >= 0.3 is 5.97 Å². The second-order valence-corrected chi connectivity index (χ2v) is 6.31. The summed E-state index contributed by atoms with van der Waals surface area (Å²) in [6.45, 7) is 3.15. The molecular formula is C17H25NO3. The first kappa shape index (κ1) is 14.6. The Hall–Kier alpha value is -1.29. The molecule has 0 amide bonds. The van der Waals surface area contributed by atoms with Crippen LogP contribution in [-0.2, 0) is 4.74 Å². The first-order chi connectivity index (χ1) is 10.3. The molecule has 1 aromatic rings. The van der Waals surface area contributed by atoms with Gasteiger partial charge in [0.2, 0.25) is 5.76 Å². The number of carbonyl (C=O) groups is 1. The van der Waals surface area contributed by atoms with E-state index in [1.807, 2.05) is 6.07 Å². The topological polar surface area (TPSA) is 51.5 Å². The highest BCUT2D eigenvalue weighted by molar-refractivity contribution is 5.86. The first-order valence-corrected chi connectivity index (χ1v) is 8.17. The van der Waals surface area contributed by atoms with E-state index in [1.54, 1.807) is 6.07 Å². The molecule has 0 aromatic carbocycles. The Morgan fingerprint density at radius 1 is 1.38 bits per heavy atom. The molecule has 0 bridgehead atoms. The zero-order valence-electron chi connectivity index (χ0n) is 12.9. The van der Waals surface area contributed by atoms with E-state index in [1.165, 1.54) is 32.8 Å². The molecule has 0 saturated heterocycles. The maximum Gasteiger partial charge on any atom is 0.373 e. The van der Waals surface area contributed by atoms with Gasteiger partial charge in [0.1, 0.15) is 5.76 Å². The van der Waals surface area contributed by atoms with Gasteiger partial charge in [0, 0.05) is 0 Å². The van der Waals surface area contributed by atoms with Crippen molar-refractivity contribution in [2.24, 2.45) is 17.8 Å². The quantitative estimate of drug-likeness (QED) is 0.814. The zero-order valence-corrected chi connectivity index (χ0v) is 12.9. The minimum atomic E-state index is -0.399. The van der Waals surface area contributed by atoms with E-state index in [0.717, 1.165) is 30.6 Å². The van der Waals surface area contributed by atoms with Crippen molar-refractivity contribution in [2.75, 3.05) is 13.7 Å². The predicted molar refractivity (Wildman–Crippen MR) is 80.0 cm³/mol. The molecule has 0 spiro atoms. The summed E-state index contributed by atoms with van der Waals surface area (Å²) in [5.41, 5.74) is 0. The Labute approximate surface area is 126 Å². The number of ether oxygens (including phenoxy) is 1. The van der Waals surface area contributed by atoms with Crippen LogP contribution in [0.4, 0.5) is 0 Å². The van der Waals surface area contributed by atoms with Gasteiger partial charge in [-0.3, -0.25) is 0 Å².